The molecule has 11 heteroatoms. The van der Waals surface area contributed by atoms with Gasteiger partial charge in [-0.25, -0.2) is 4.39 Å². The quantitative estimate of drug-likeness (QED) is 0.411. The Hall–Kier alpha value is -2.00. The van der Waals surface area contributed by atoms with Crippen molar-refractivity contribution in [1.29, 1.82) is 0 Å². The Morgan fingerprint density at radius 1 is 1.17 bits per heavy atom. The van der Waals surface area contributed by atoms with E-state index in [0.29, 0.717) is 39.0 Å². The lowest BCUT2D eigenvalue weighted by molar-refractivity contribution is -0.113. The summed E-state index contributed by atoms with van der Waals surface area (Å²) in [7, 11) is 0. The fourth-order valence-electron chi connectivity index (χ4n) is 2.47. The average molecular weight is 490 g/mol. The third-order valence-corrected chi connectivity index (χ3v) is 5.72. The van der Waals surface area contributed by atoms with Crippen LogP contribution in [0.2, 0.25) is 15.1 Å². The van der Waals surface area contributed by atoms with E-state index in [1.807, 2.05) is 11.5 Å². The smallest absolute Gasteiger partial charge is 0.234 e. The van der Waals surface area contributed by atoms with Crippen molar-refractivity contribution in [3.63, 3.8) is 0 Å². The lowest BCUT2D eigenvalue weighted by atomic mass is 10.3. The predicted molar refractivity (Wildman–Crippen MR) is 117 cm³/mol. The highest BCUT2D eigenvalue weighted by Crippen LogP contribution is 2.26. The van der Waals surface area contributed by atoms with E-state index >= 15 is 0 Å². The van der Waals surface area contributed by atoms with E-state index in [1.54, 1.807) is 18.2 Å². The summed E-state index contributed by atoms with van der Waals surface area (Å²) in [5.41, 5.74) is 0.443. The third kappa shape index (κ3) is 5.78. The predicted octanol–water partition coefficient (Wildman–Crippen LogP) is 5.71. The van der Waals surface area contributed by atoms with Crippen LogP contribution in [-0.4, -0.2) is 26.4 Å². The van der Waals surface area contributed by atoms with Crippen LogP contribution in [0.5, 0.6) is 5.75 Å². The monoisotopic (exact) mass is 488 g/mol. The van der Waals surface area contributed by atoms with Gasteiger partial charge >= 0.3 is 0 Å². The summed E-state index contributed by atoms with van der Waals surface area (Å²) in [5, 5.41) is 12.4. The number of hydrogen-bond acceptors (Lipinski definition) is 5. The van der Waals surface area contributed by atoms with Crippen LogP contribution in [0, 0.1) is 5.82 Å². The number of carbonyl (C=O) groups is 1. The number of hydrogen-bond donors (Lipinski definition) is 1. The van der Waals surface area contributed by atoms with E-state index in [-0.39, 0.29) is 23.3 Å². The fraction of sp³-hybridized carbons (Fsp3) is 0.211. The summed E-state index contributed by atoms with van der Waals surface area (Å²) in [6.45, 7) is 2.63. The summed E-state index contributed by atoms with van der Waals surface area (Å²) >= 11 is 19.0. The molecule has 1 N–H and O–H groups in total. The van der Waals surface area contributed by atoms with Gasteiger partial charge in [0.25, 0.3) is 0 Å². The zero-order valence-corrected chi connectivity index (χ0v) is 18.7. The normalized spacial score (nSPS) is 10.8. The maximum atomic E-state index is 13.3. The molecule has 0 saturated heterocycles. The summed E-state index contributed by atoms with van der Waals surface area (Å²) < 4.78 is 20.7. The minimum atomic E-state index is -0.517. The molecule has 0 saturated carbocycles. The number of anilines is 1. The molecule has 3 rings (SSSR count). The minimum absolute atomic E-state index is 0.0217. The molecule has 0 atom stereocenters. The Kier molecular flexibility index (Phi) is 7.82. The van der Waals surface area contributed by atoms with Crippen molar-refractivity contribution in [2.75, 3.05) is 11.1 Å². The molecule has 0 aliphatic heterocycles. The molecule has 6 nitrogen and oxygen atoms in total. The van der Waals surface area contributed by atoms with Gasteiger partial charge in [-0.2, -0.15) is 0 Å². The molecule has 0 unspecified atom stereocenters. The lowest BCUT2D eigenvalue weighted by Gasteiger charge is -2.10. The fourth-order valence-corrected chi connectivity index (χ4v) is 3.80. The van der Waals surface area contributed by atoms with Crippen LogP contribution >= 0.6 is 46.6 Å². The Morgan fingerprint density at radius 3 is 2.70 bits per heavy atom. The molecule has 2 aromatic carbocycles. The van der Waals surface area contributed by atoms with Crippen LogP contribution in [0.15, 0.2) is 41.6 Å². The summed E-state index contributed by atoms with van der Waals surface area (Å²) in [5.74, 6) is 0.318. The van der Waals surface area contributed by atoms with E-state index in [9.17, 15) is 9.18 Å². The molecule has 30 heavy (non-hydrogen) atoms. The molecular weight excluding hydrogens is 474 g/mol. The Labute approximate surface area is 191 Å². The molecule has 0 spiro atoms. The third-order valence-electron chi connectivity index (χ3n) is 3.90. The number of benzene rings is 2. The molecule has 0 aliphatic carbocycles. The van der Waals surface area contributed by atoms with E-state index in [0.717, 1.165) is 0 Å². The van der Waals surface area contributed by atoms with E-state index in [1.165, 1.54) is 30.0 Å². The van der Waals surface area contributed by atoms with Gasteiger partial charge in [0.2, 0.25) is 5.91 Å². The van der Waals surface area contributed by atoms with Gasteiger partial charge in [0.15, 0.2) is 11.0 Å². The number of halogens is 4. The summed E-state index contributed by atoms with van der Waals surface area (Å²) in [4.78, 5) is 12.3. The maximum absolute atomic E-state index is 13.3. The van der Waals surface area contributed by atoms with Crippen molar-refractivity contribution in [1.82, 2.24) is 14.8 Å². The topological polar surface area (TPSA) is 69.0 Å². The number of carbonyl (C=O) groups excluding carboxylic acids is 1. The lowest BCUT2D eigenvalue weighted by Crippen LogP contribution is -2.15. The van der Waals surface area contributed by atoms with Gasteiger partial charge in [-0.1, -0.05) is 46.6 Å². The van der Waals surface area contributed by atoms with Crippen LogP contribution in [0.3, 0.4) is 0 Å². The van der Waals surface area contributed by atoms with Gasteiger partial charge in [0, 0.05) is 17.6 Å². The second-order valence-corrected chi connectivity index (χ2v) is 8.16. The van der Waals surface area contributed by atoms with Gasteiger partial charge in [0.05, 0.1) is 21.5 Å². The molecule has 3 aromatic rings. The number of nitrogens with one attached hydrogen (secondary N) is 1. The molecule has 158 valence electrons. The second kappa shape index (κ2) is 10.3. The van der Waals surface area contributed by atoms with Crippen LogP contribution < -0.4 is 10.1 Å². The van der Waals surface area contributed by atoms with E-state index in [4.69, 9.17) is 39.5 Å². The molecule has 0 radical (unpaired) electrons. The van der Waals surface area contributed by atoms with Crippen LogP contribution in [0.4, 0.5) is 10.1 Å². The first-order chi connectivity index (χ1) is 14.4. The average Bonchev–Trinajstić information content (AvgIpc) is 3.12. The minimum Gasteiger partial charge on any atom is -0.486 e. The van der Waals surface area contributed by atoms with Crippen molar-refractivity contribution in [3.8, 4) is 5.75 Å². The SMILES string of the molecule is CCn1c(COc2ccc(F)c(Cl)c2)nnc1SCC(=O)Nc1cc(Cl)ccc1Cl. The molecule has 1 aromatic heterocycles. The van der Waals surface area contributed by atoms with Crippen molar-refractivity contribution in [2.24, 2.45) is 0 Å². The first-order valence-corrected chi connectivity index (χ1v) is 10.9. The van der Waals surface area contributed by atoms with Crippen molar-refractivity contribution in [3.05, 3.63) is 63.1 Å². The van der Waals surface area contributed by atoms with E-state index in [2.05, 4.69) is 15.5 Å². The second-order valence-electron chi connectivity index (χ2n) is 5.97. The van der Waals surface area contributed by atoms with Crippen molar-refractivity contribution >= 4 is 58.2 Å². The standard InChI is InChI=1S/C19H16Cl3FN4O2S/c1-2-27-17(9-29-12-4-6-15(23)14(22)8-12)25-26-19(27)30-10-18(28)24-16-7-11(20)3-5-13(16)21/h3-8H,2,9-10H2,1H3,(H,24,28). The Balaban J connectivity index is 1.60. The van der Waals surface area contributed by atoms with Crippen LogP contribution in [0.25, 0.3) is 0 Å². The largest absolute Gasteiger partial charge is 0.486 e. The highest BCUT2D eigenvalue weighted by Gasteiger charge is 2.15. The van der Waals surface area contributed by atoms with Crippen molar-refractivity contribution < 1.29 is 13.9 Å². The number of aromatic nitrogens is 3. The number of ether oxygens (including phenoxy) is 1. The molecule has 0 bridgehead atoms. The first kappa shape index (κ1) is 22.7. The zero-order chi connectivity index (χ0) is 21.7. The van der Waals surface area contributed by atoms with Gasteiger partial charge in [-0.05, 0) is 37.3 Å². The highest BCUT2D eigenvalue weighted by molar-refractivity contribution is 7.99. The number of nitrogens with zero attached hydrogens (tertiary/aromatic N) is 3. The molecule has 1 heterocycles. The number of thioether (sulfide) groups is 1. The summed E-state index contributed by atoms with van der Waals surface area (Å²) in [6.07, 6.45) is 0. The van der Waals surface area contributed by atoms with Crippen LogP contribution in [-0.2, 0) is 17.9 Å². The molecule has 0 aliphatic rings. The van der Waals surface area contributed by atoms with E-state index < -0.39 is 5.82 Å². The molecule has 0 fully saturated rings. The van der Waals surface area contributed by atoms with Gasteiger partial charge in [0.1, 0.15) is 18.2 Å². The first-order valence-electron chi connectivity index (χ1n) is 8.75. The highest BCUT2D eigenvalue weighted by atomic mass is 35.5. The Morgan fingerprint density at radius 2 is 1.97 bits per heavy atom. The van der Waals surface area contributed by atoms with Gasteiger partial charge < -0.3 is 14.6 Å². The Bertz CT molecular complexity index is 1060. The number of rotatable bonds is 8. The number of amides is 1. The zero-order valence-electron chi connectivity index (χ0n) is 15.7. The van der Waals surface area contributed by atoms with Gasteiger partial charge in [-0.15, -0.1) is 10.2 Å². The maximum Gasteiger partial charge on any atom is 0.234 e. The summed E-state index contributed by atoms with van der Waals surface area (Å²) in [6, 6.07) is 8.94. The molecule has 1 amide bonds. The van der Waals surface area contributed by atoms with Crippen LogP contribution in [0.1, 0.15) is 12.7 Å². The van der Waals surface area contributed by atoms with Crippen molar-refractivity contribution in [2.45, 2.75) is 25.2 Å². The molecular formula is C19H16Cl3FN4O2S. The van der Waals surface area contributed by atoms with Gasteiger partial charge in [-0.3, -0.25) is 4.79 Å².